The molecule has 3 nitrogen and oxygen atoms in total. The summed E-state index contributed by atoms with van der Waals surface area (Å²) in [6, 6.07) is 20.2. The topological polar surface area (TPSA) is 58.6 Å². The van der Waals surface area contributed by atoms with Gasteiger partial charge in [-0.2, -0.15) is 11.8 Å². The number of benzene rings is 2. The molecule has 0 aliphatic rings. The zero-order chi connectivity index (χ0) is 14.2. The van der Waals surface area contributed by atoms with Crippen molar-refractivity contribution in [2.24, 2.45) is 10.9 Å². The van der Waals surface area contributed by atoms with E-state index in [0.29, 0.717) is 0 Å². The van der Waals surface area contributed by atoms with Gasteiger partial charge in [0.25, 0.3) is 0 Å². The van der Waals surface area contributed by atoms with Crippen molar-refractivity contribution >= 4 is 17.6 Å². The van der Waals surface area contributed by atoms with Crippen LogP contribution in [-0.2, 0) is 5.75 Å². The molecule has 0 fully saturated rings. The van der Waals surface area contributed by atoms with Crippen LogP contribution in [0.4, 0.5) is 0 Å². The number of hydrogen-bond acceptors (Lipinski definition) is 3. The lowest BCUT2D eigenvalue weighted by atomic mass is 10.0. The number of hydrogen-bond donors (Lipinski definition) is 2. The van der Waals surface area contributed by atoms with E-state index in [1.165, 1.54) is 5.56 Å². The highest BCUT2D eigenvalue weighted by molar-refractivity contribution is 7.98. The van der Waals surface area contributed by atoms with Gasteiger partial charge >= 0.3 is 0 Å². The molecule has 2 aromatic carbocycles. The van der Waals surface area contributed by atoms with Crippen LogP contribution >= 0.6 is 11.8 Å². The van der Waals surface area contributed by atoms with E-state index in [1.807, 2.05) is 48.5 Å². The first kappa shape index (κ1) is 14.5. The fourth-order valence-corrected chi connectivity index (χ4v) is 3.12. The van der Waals surface area contributed by atoms with Crippen LogP contribution in [0.15, 0.2) is 65.8 Å². The third-order valence-electron chi connectivity index (χ3n) is 3.07. The monoisotopic (exact) mass is 286 g/mol. The quantitative estimate of drug-likeness (QED) is 0.370. The van der Waals surface area contributed by atoms with Crippen LogP contribution in [0, 0.1) is 0 Å². The molecule has 20 heavy (non-hydrogen) atoms. The maximum absolute atomic E-state index is 8.94. The van der Waals surface area contributed by atoms with Crippen molar-refractivity contribution in [1.82, 2.24) is 0 Å². The van der Waals surface area contributed by atoms with Gasteiger partial charge in [-0.25, -0.2) is 0 Å². The van der Waals surface area contributed by atoms with Gasteiger partial charge in [0.05, 0.1) is 5.92 Å². The Morgan fingerprint density at radius 2 is 1.65 bits per heavy atom. The molecular formula is C16H18N2OS. The summed E-state index contributed by atoms with van der Waals surface area (Å²) in [5, 5.41) is 12.1. The van der Waals surface area contributed by atoms with Gasteiger partial charge in [-0.1, -0.05) is 65.8 Å². The Morgan fingerprint density at radius 3 is 2.25 bits per heavy atom. The second-order valence-electron chi connectivity index (χ2n) is 4.49. The van der Waals surface area contributed by atoms with Crippen molar-refractivity contribution in [3.63, 3.8) is 0 Å². The van der Waals surface area contributed by atoms with Gasteiger partial charge in [0.15, 0.2) is 0 Å². The highest BCUT2D eigenvalue weighted by atomic mass is 32.2. The molecule has 104 valence electrons. The molecule has 4 heteroatoms. The number of nitrogens with two attached hydrogens (primary N) is 1. The normalized spacial score (nSPS) is 13.1. The number of thioether (sulfide) groups is 1. The molecule has 1 unspecified atom stereocenters. The zero-order valence-corrected chi connectivity index (χ0v) is 12.0. The van der Waals surface area contributed by atoms with Crippen molar-refractivity contribution in [2.75, 3.05) is 5.75 Å². The molecule has 0 saturated carbocycles. The third kappa shape index (κ3) is 4.03. The average Bonchev–Trinajstić information content (AvgIpc) is 2.53. The predicted octanol–water partition coefficient (Wildman–Crippen LogP) is 3.45. The predicted molar refractivity (Wildman–Crippen MR) is 85.2 cm³/mol. The molecule has 0 radical (unpaired) electrons. The molecule has 0 aliphatic heterocycles. The van der Waals surface area contributed by atoms with Crippen LogP contribution in [0.1, 0.15) is 17.0 Å². The molecular weight excluding hydrogens is 268 g/mol. The Bertz CT molecular complexity index is 543. The van der Waals surface area contributed by atoms with Gasteiger partial charge in [-0.05, 0) is 11.1 Å². The van der Waals surface area contributed by atoms with Crippen molar-refractivity contribution in [1.29, 1.82) is 0 Å². The second-order valence-corrected chi connectivity index (χ2v) is 5.52. The molecule has 0 spiro atoms. The summed E-state index contributed by atoms with van der Waals surface area (Å²) >= 11 is 1.78. The molecule has 1 atom stereocenters. The molecule has 0 saturated heterocycles. The Balaban J connectivity index is 1.99. The lowest BCUT2D eigenvalue weighted by molar-refractivity contribution is 0.316. The summed E-state index contributed by atoms with van der Waals surface area (Å²) < 4.78 is 0. The Hall–Kier alpha value is -1.94. The van der Waals surface area contributed by atoms with Gasteiger partial charge in [0, 0.05) is 11.5 Å². The average molecular weight is 286 g/mol. The standard InChI is InChI=1S/C16H18N2OS/c17-16(18-19)15(14-9-5-2-6-10-14)12-20-11-13-7-3-1-4-8-13/h1-10,15,19H,11-12H2,(H2,17,18). The van der Waals surface area contributed by atoms with Crippen molar-refractivity contribution in [2.45, 2.75) is 11.7 Å². The van der Waals surface area contributed by atoms with E-state index in [9.17, 15) is 0 Å². The van der Waals surface area contributed by atoms with E-state index in [4.69, 9.17) is 10.9 Å². The van der Waals surface area contributed by atoms with E-state index in [2.05, 4.69) is 17.3 Å². The largest absolute Gasteiger partial charge is 0.409 e. The summed E-state index contributed by atoms with van der Waals surface area (Å²) in [5.41, 5.74) is 8.17. The number of nitrogens with zero attached hydrogens (tertiary/aromatic N) is 1. The fraction of sp³-hybridized carbons (Fsp3) is 0.188. The zero-order valence-electron chi connectivity index (χ0n) is 11.1. The Kier molecular flexibility index (Phi) is 5.50. The minimum absolute atomic E-state index is 0.0603. The van der Waals surface area contributed by atoms with Crippen LogP contribution in [-0.4, -0.2) is 16.8 Å². The highest BCUT2D eigenvalue weighted by Gasteiger charge is 2.16. The minimum atomic E-state index is -0.0603. The van der Waals surface area contributed by atoms with E-state index in [-0.39, 0.29) is 11.8 Å². The maximum Gasteiger partial charge on any atom is 0.147 e. The summed E-state index contributed by atoms with van der Waals surface area (Å²) in [5.74, 6) is 1.91. The van der Waals surface area contributed by atoms with Crippen molar-refractivity contribution < 1.29 is 5.21 Å². The second kappa shape index (κ2) is 7.60. The maximum atomic E-state index is 8.94. The lowest BCUT2D eigenvalue weighted by Crippen LogP contribution is -2.24. The van der Waals surface area contributed by atoms with E-state index >= 15 is 0 Å². The van der Waals surface area contributed by atoms with Crippen LogP contribution < -0.4 is 5.73 Å². The van der Waals surface area contributed by atoms with Gasteiger partial charge < -0.3 is 10.9 Å². The van der Waals surface area contributed by atoms with Gasteiger partial charge in [-0.3, -0.25) is 0 Å². The molecule has 0 aromatic heterocycles. The van der Waals surface area contributed by atoms with E-state index in [0.717, 1.165) is 17.1 Å². The van der Waals surface area contributed by atoms with Crippen LogP contribution in [0.2, 0.25) is 0 Å². The molecule has 0 amide bonds. The van der Waals surface area contributed by atoms with Crippen molar-refractivity contribution in [3.8, 4) is 0 Å². The molecule has 3 N–H and O–H groups in total. The SMILES string of the molecule is NC(=NO)C(CSCc1ccccc1)c1ccccc1. The Labute approximate surface area is 123 Å². The minimum Gasteiger partial charge on any atom is -0.409 e. The summed E-state index contributed by atoms with van der Waals surface area (Å²) in [4.78, 5) is 0. The van der Waals surface area contributed by atoms with Crippen LogP contribution in [0.3, 0.4) is 0 Å². The first-order chi connectivity index (χ1) is 9.81. The Morgan fingerprint density at radius 1 is 1.05 bits per heavy atom. The number of rotatable bonds is 6. The van der Waals surface area contributed by atoms with E-state index < -0.39 is 0 Å². The smallest absolute Gasteiger partial charge is 0.147 e. The number of oxime groups is 1. The molecule has 2 aromatic rings. The first-order valence-electron chi connectivity index (χ1n) is 6.45. The summed E-state index contributed by atoms with van der Waals surface area (Å²) in [6.45, 7) is 0. The van der Waals surface area contributed by atoms with Gasteiger partial charge in [0.1, 0.15) is 5.84 Å². The summed E-state index contributed by atoms with van der Waals surface area (Å²) in [6.07, 6.45) is 0. The molecule has 0 bridgehead atoms. The molecule has 2 rings (SSSR count). The number of amidine groups is 1. The lowest BCUT2D eigenvalue weighted by Gasteiger charge is -2.15. The molecule has 0 aliphatic carbocycles. The fourth-order valence-electron chi connectivity index (χ4n) is 1.98. The van der Waals surface area contributed by atoms with Crippen LogP contribution in [0.25, 0.3) is 0 Å². The summed E-state index contributed by atoms with van der Waals surface area (Å²) in [7, 11) is 0. The highest BCUT2D eigenvalue weighted by Crippen LogP contribution is 2.23. The van der Waals surface area contributed by atoms with E-state index in [1.54, 1.807) is 11.8 Å². The first-order valence-corrected chi connectivity index (χ1v) is 7.60. The molecule has 0 heterocycles. The van der Waals surface area contributed by atoms with Gasteiger partial charge in [0.2, 0.25) is 0 Å². The van der Waals surface area contributed by atoms with Crippen LogP contribution in [0.5, 0.6) is 0 Å². The van der Waals surface area contributed by atoms with Gasteiger partial charge in [-0.15, -0.1) is 0 Å². The third-order valence-corrected chi connectivity index (χ3v) is 4.18. The van der Waals surface area contributed by atoms with Crippen molar-refractivity contribution in [3.05, 3.63) is 71.8 Å².